The van der Waals surface area contributed by atoms with Crippen LogP contribution in [0.1, 0.15) is 63.1 Å². The molecule has 0 saturated carbocycles. The maximum absolute atomic E-state index is 12.2. The first-order valence-corrected chi connectivity index (χ1v) is 7.68. The SMILES string of the molecule is CCCOc1cc(C)c(C(C(=O)CC)C(C)C)cc1C. The van der Waals surface area contributed by atoms with E-state index in [1.165, 1.54) is 0 Å². The van der Waals surface area contributed by atoms with Gasteiger partial charge in [-0.1, -0.05) is 33.8 Å². The molecule has 2 nitrogen and oxygen atoms in total. The van der Waals surface area contributed by atoms with Crippen LogP contribution in [0.25, 0.3) is 0 Å². The first kappa shape index (κ1) is 16.7. The van der Waals surface area contributed by atoms with Gasteiger partial charge in [0, 0.05) is 12.3 Å². The Morgan fingerprint density at radius 2 is 1.80 bits per heavy atom. The number of carbonyl (C=O) groups is 1. The van der Waals surface area contributed by atoms with E-state index in [1.54, 1.807) is 0 Å². The number of carbonyl (C=O) groups excluding carboxylic acids is 1. The maximum atomic E-state index is 12.2. The molecule has 1 aromatic carbocycles. The van der Waals surface area contributed by atoms with Gasteiger partial charge in [-0.05, 0) is 48.9 Å². The van der Waals surface area contributed by atoms with Gasteiger partial charge in [0.1, 0.15) is 11.5 Å². The Bertz CT molecular complexity index is 461. The van der Waals surface area contributed by atoms with Gasteiger partial charge in [0.15, 0.2) is 0 Å². The second-order valence-corrected chi connectivity index (χ2v) is 5.86. The van der Waals surface area contributed by atoms with Gasteiger partial charge < -0.3 is 4.74 Å². The van der Waals surface area contributed by atoms with Gasteiger partial charge in [0.05, 0.1) is 6.61 Å². The molecule has 1 unspecified atom stereocenters. The van der Waals surface area contributed by atoms with Crippen molar-refractivity contribution in [3.05, 3.63) is 28.8 Å². The normalized spacial score (nSPS) is 12.6. The fraction of sp³-hybridized carbons (Fsp3) is 0.611. The van der Waals surface area contributed by atoms with E-state index < -0.39 is 0 Å². The van der Waals surface area contributed by atoms with Crippen molar-refractivity contribution >= 4 is 5.78 Å². The highest BCUT2D eigenvalue weighted by molar-refractivity contribution is 5.86. The van der Waals surface area contributed by atoms with Gasteiger partial charge >= 0.3 is 0 Å². The summed E-state index contributed by atoms with van der Waals surface area (Å²) in [5.74, 6) is 1.59. The van der Waals surface area contributed by atoms with Crippen molar-refractivity contribution in [3.63, 3.8) is 0 Å². The number of benzene rings is 1. The Kier molecular flexibility index (Phi) is 6.25. The molecule has 0 heterocycles. The Morgan fingerprint density at radius 3 is 2.30 bits per heavy atom. The van der Waals surface area contributed by atoms with Crippen LogP contribution in [0.3, 0.4) is 0 Å². The smallest absolute Gasteiger partial charge is 0.140 e. The quantitative estimate of drug-likeness (QED) is 0.714. The molecule has 112 valence electrons. The molecule has 0 spiro atoms. The Labute approximate surface area is 123 Å². The number of hydrogen-bond acceptors (Lipinski definition) is 2. The van der Waals surface area contributed by atoms with Crippen LogP contribution in [0.5, 0.6) is 5.75 Å². The van der Waals surface area contributed by atoms with Gasteiger partial charge in [0.25, 0.3) is 0 Å². The predicted octanol–water partition coefficient (Wildman–Crippen LogP) is 4.81. The van der Waals surface area contributed by atoms with E-state index in [0.29, 0.717) is 18.1 Å². The fourth-order valence-electron chi connectivity index (χ4n) is 2.64. The molecule has 0 saturated heterocycles. The molecule has 0 aliphatic carbocycles. The fourth-order valence-corrected chi connectivity index (χ4v) is 2.64. The predicted molar refractivity (Wildman–Crippen MR) is 84.6 cm³/mol. The van der Waals surface area contributed by atoms with Crippen molar-refractivity contribution in [1.82, 2.24) is 0 Å². The summed E-state index contributed by atoms with van der Waals surface area (Å²) >= 11 is 0. The maximum Gasteiger partial charge on any atom is 0.140 e. The van der Waals surface area contributed by atoms with E-state index in [0.717, 1.165) is 35.5 Å². The zero-order chi connectivity index (χ0) is 15.3. The number of Topliss-reactive ketones (excluding diaryl/α,β-unsaturated/α-hetero) is 1. The standard InChI is InChI=1S/C18H28O2/c1-7-9-20-17-11-13(5)15(10-14(17)6)18(12(3)4)16(19)8-2/h10-12,18H,7-9H2,1-6H3. The second-order valence-electron chi connectivity index (χ2n) is 5.86. The van der Waals surface area contributed by atoms with Gasteiger partial charge in [-0.15, -0.1) is 0 Å². The number of ether oxygens (including phenoxy) is 1. The molecule has 0 fully saturated rings. The van der Waals surface area contributed by atoms with Crippen LogP contribution < -0.4 is 4.74 Å². The summed E-state index contributed by atoms with van der Waals surface area (Å²) in [5, 5.41) is 0. The largest absolute Gasteiger partial charge is 0.493 e. The van der Waals surface area contributed by atoms with Crippen LogP contribution in [0.4, 0.5) is 0 Å². The molecule has 0 amide bonds. The molecule has 0 aliphatic heterocycles. The minimum Gasteiger partial charge on any atom is -0.493 e. The highest BCUT2D eigenvalue weighted by Crippen LogP contribution is 2.33. The lowest BCUT2D eigenvalue weighted by molar-refractivity contribution is -0.121. The van der Waals surface area contributed by atoms with Crippen LogP contribution in [-0.2, 0) is 4.79 Å². The summed E-state index contributed by atoms with van der Waals surface area (Å²) in [4.78, 5) is 12.2. The van der Waals surface area contributed by atoms with Crippen molar-refractivity contribution in [2.45, 2.75) is 60.3 Å². The van der Waals surface area contributed by atoms with Crippen LogP contribution >= 0.6 is 0 Å². The van der Waals surface area contributed by atoms with Crippen molar-refractivity contribution < 1.29 is 9.53 Å². The van der Waals surface area contributed by atoms with Crippen LogP contribution in [0.2, 0.25) is 0 Å². The van der Waals surface area contributed by atoms with Gasteiger partial charge in [-0.3, -0.25) is 4.79 Å². The third kappa shape index (κ3) is 3.84. The second kappa shape index (κ2) is 7.47. The first-order valence-electron chi connectivity index (χ1n) is 7.68. The Balaban J connectivity index is 3.17. The van der Waals surface area contributed by atoms with E-state index in [-0.39, 0.29) is 5.92 Å². The van der Waals surface area contributed by atoms with Crippen molar-refractivity contribution in [1.29, 1.82) is 0 Å². The summed E-state index contributed by atoms with van der Waals surface area (Å²) < 4.78 is 5.76. The topological polar surface area (TPSA) is 26.3 Å². The summed E-state index contributed by atoms with van der Waals surface area (Å²) in [5.41, 5.74) is 3.43. The van der Waals surface area contributed by atoms with Gasteiger partial charge in [0.2, 0.25) is 0 Å². The summed E-state index contributed by atoms with van der Waals surface area (Å²) in [7, 11) is 0. The van der Waals surface area contributed by atoms with Crippen LogP contribution in [0, 0.1) is 19.8 Å². The summed E-state index contributed by atoms with van der Waals surface area (Å²) in [6.07, 6.45) is 1.60. The van der Waals surface area contributed by atoms with E-state index in [2.05, 4.69) is 46.8 Å². The average molecular weight is 276 g/mol. The average Bonchev–Trinajstić information content (AvgIpc) is 2.40. The number of hydrogen-bond donors (Lipinski definition) is 0. The first-order chi connectivity index (χ1) is 9.42. The molecule has 1 rings (SSSR count). The number of rotatable bonds is 7. The van der Waals surface area contributed by atoms with Gasteiger partial charge in [-0.2, -0.15) is 0 Å². The van der Waals surface area contributed by atoms with Crippen molar-refractivity contribution in [2.75, 3.05) is 6.61 Å². The lowest BCUT2D eigenvalue weighted by Crippen LogP contribution is -2.18. The molecule has 0 aliphatic rings. The lowest BCUT2D eigenvalue weighted by Gasteiger charge is -2.23. The van der Waals surface area contributed by atoms with Crippen LogP contribution in [-0.4, -0.2) is 12.4 Å². The lowest BCUT2D eigenvalue weighted by atomic mass is 9.81. The zero-order valence-corrected chi connectivity index (χ0v) is 13.7. The molecule has 0 N–H and O–H groups in total. The van der Waals surface area contributed by atoms with Gasteiger partial charge in [-0.25, -0.2) is 0 Å². The molecule has 1 atom stereocenters. The van der Waals surface area contributed by atoms with Crippen LogP contribution in [0.15, 0.2) is 12.1 Å². The minimum atomic E-state index is -0.000995. The monoisotopic (exact) mass is 276 g/mol. The molecule has 20 heavy (non-hydrogen) atoms. The van der Waals surface area contributed by atoms with Crippen molar-refractivity contribution in [2.24, 2.45) is 5.92 Å². The van der Waals surface area contributed by atoms with E-state index >= 15 is 0 Å². The number of ketones is 1. The number of aryl methyl sites for hydroxylation is 2. The third-order valence-electron chi connectivity index (χ3n) is 3.72. The molecule has 1 aromatic rings. The highest BCUT2D eigenvalue weighted by atomic mass is 16.5. The van der Waals surface area contributed by atoms with E-state index in [1.807, 2.05) is 6.92 Å². The van der Waals surface area contributed by atoms with Crippen molar-refractivity contribution in [3.8, 4) is 5.75 Å². The molecular weight excluding hydrogens is 248 g/mol. The zero-order valence-electron chi connectivity index (χ0n) is 13.7. The molecule has 2 heteroatoms. The highest BCUT2D eigenvalue weighted by Gasteiger charge is 2.24. The summed E-state index contributed by atoms with van der Waals surface area (Å²) in [6, 6.07) is 4.22. The molecule has 0 bridgehead atoms. The molecular formula is C18H28O2. The molecule has 0 aromatic heterocycles. The minimum absolute atomic E-state index is 0.000995. The van der Waals surface area contributed by atoms with E-state index in [4.69, 9.17) is 4.74 Å². The third-order valence-corrected chi connectivity index (χ3v) is 3.72. The Morgan fingerprint density at radius 1 is 1.15 bits per heavy atom. The van der Waals surface area contributed by atoms with E-state index in [9.17, 15) is 4.79 Å². The summed E-state index contributed by atoms with van der Waals surface area (Å²) in [6.45, 7) is 13.2. The Hall–Kier alpha value is -1.31. The molecule has 0 radical (unpaired) electrons.